The molecule has 0 heterocycles. The number of nitrogens with one attached hydrogen (secondary N) is 1. The minimum atomic E-state index is -0.156. The lowest BCUT2D eigenvalue weighted by Gasteiger charge is -2.13. The van der Waals surface area contributed by atoms with Crippen molar-refractivity contribution in [2.24, 2.45) is 5.84 Å². The normalized spacial score (nSPS) is 12.8. The Hall–Kier alpha value is -0.930. The number of hydrazine groups is 1. The Bertz CT molecular complexity index is 259. The first kappa shape index (κ1) is 10.2. The third kappa shape index (κ3) is 2.79. The van der Waals surface area contributed by atoms with Gasteiger partial charge in [-0.15, -0.1) is 0 Å². The number of hydrogen-bond acceptors (Lipinski definition) is 2. The molecule has 0 aromatic heterocycles. The lowest BCUT2D eigenvalue weighted by Crippen LogP contribution is -2.36. The Morgan fingerprint density at radius 2 is 2.15 bits per heavy atom. The summed E-state index contributed by atoms with van der Waals surface area (Å²) in [5.41, 5.74) is 3.38. The first-order valence-electron chi connectivity index (χ1n) is 4.47. The zero-order valence-corrected chi connectivity index (χ0v) is 7.76. The monoisotopic (exact) mass is 182 g/mol. The maximum atomic E-state index is 13.2. The highest BCUT2D eigenvalue weighted by Crippen LogP contribution is 2.09. The number of benzene rings is 1. The first-order chi connectivity index (χ1) is 6.27. The van der Waals surface area contributed by atoms with E-state index in [1.807, 2.05) is 13.0 Å². The molecule has 0 bridgehead atoms. The highest BCUT2D eigenvalue weighted by molar-refractivity contribution is 5.18. The van der Waals surface area contributed by atoms with E-state index in [2.05, 4.69) is 5.43 Å². The second kappa shape index (κ2) is 4.94. The third-order valence-electron chi connectivity index (χ3n) is 2.15. The van der Waals surface area contributed by atoms with E-state index in [-0.39, 0.29) is 11.9 Å². The maximum Gasteiger partial charge on any atom is 0.126 e. The molecule has 0 spiro atoms. The largest absolute Gasteiger partial charge is 0.271 e. The van der Waals surface area contributed by atoms with E-state index in [4.69, 9.17) is 5.84 Å². The molecule has 0 saturated heterocycles. The van der Waals surface area contributed by atoms with Crippen LogP contribution in [0.3, 0.4) is 0 Å². The summed E-state index contributed by atoms with van der Waals surface area (Å²) in [4.78, 5) is 0. The van der Waals surface area contributed by atoms with Crippen LogP contribution < -0.4 is 11.3 Å². The summed E-state index contributed by atoms with van der Waals surface area (Å²) in [5, 5.41) is 0. The van der Waals surface area contributed by atoms with Crippen molar-refractivity contribution in [2.75, 3.05) is 0 Å². The van der Waals surface area contributed by atoms with Crippen LogP contribution >= 0.6 is 0 Å². The summed E-state index contributed by atoms with van der Waals surface area (Å²) in [6.45, 7) is 2.02. The van der Waals surface area contributed by atoms with Gasteiger partial charge in [-0.1, -0.05) is 25.1 Å². The van der Waals surface area contributed by atoms with Crippen molar-refractivity contribution in [3.05, 3.63) is 35.6 Å². The molecule has 0 saturated carbocycles. The Balaban J connectivity index is 2.67. The Morgan fingerprint density at radius 3 is 2.69 bits per heavy atom. The predicted molar refractivity (Wildman–Crippen MR) is 51.5 cm³/mol. The third-order valence-corrected chi connectivity index (χ3v) is 2.15. The van der Waals surface area contributed by atoms with Crippen LogP contribution in [-0.4, -0.2) is 6.04 Å². The summed E-state index contributed by atoms with van der Waals surface area (Å²) >= 11 is 0. The average Bonchev–Trinajstić information content (AvgIpc) is 2.17. The Labute approximate surface area is 77.9 Å². The predicted octanol–water partition coefficient (Wildman–Crippen LogP) is 1.61. The van der Waals surface area contributed by atoms with Crippen molar-refractivity contribution in [1.82, 2.24) is 5.43 Å². The fourth-order valence-electron chi connectivity index (χ4n) is 1.25. The lowest BCUT2D eigenvalue weighted by molar-refractivity contribution is 0.497. The maximum absolute atomic E-state index is 13.2. The van der Waals surface area contributed by atoms with Crippen LogP contribution in [0.5, 0.6) is 0 Å². The van der Waals surface area contributed by atoms with Crippen molar-refractivity contribution in [3.63, 3.8) is 0 Å². The fourth-order valence-corrected chi connectivity index (χ4v) is 1.25. The van der Waals surface area contributed by atoms with Gasteiger partial charge in [0.1, 0.15) is 5.82 Å². The first-order valence-corrected chi connectivity index (χ1v) is 4.47. The van der Waals surface area contributed by atoms with Crippen LogP contribution in [0.4, 0.5) is 4.39 Å². The lowest BCUT2D eigenvalue weighted by atomic mass is 10.0. The van der Waals surface area contributed by atoms with Gasteiger partial charge >= 0.3 is 0 Å². The second-order valence-corrected chi connectivity index (χ2v) is 3.07. The number of rotatable bonds is 4. The molecule has 1 aromatic rings. The molecule has 0 aliphatic heterocycles. The topological polar surface area (TPSA) is 38.0 Å². The zero-order valence-electron chi connectivity index (χ0n) is 7.76. The summed E-state index contributed by atoms with van der Waals surface area (Å²) in [6, 6.07) is 6.93. The zero-order chi connectivity index (χ0) is 9.68. The molecule has 72 valence electrons. The summed E-state index contributed by atoms with van der Waals surface area (Å²) < 4.78 is 13.2. The van der Waals surface area contributed by atoms with E-state index in [1.54, 1.807) is 12.1 Å². The number of nitrogens with two attached hydrogens (primary N) is 1. The van der Waals surface area contributed by atoms with Crippen LogP contribution in [0.1, 0.15) is 18.9 Å². The molecule has 13 heavy (non-hydrogen) atoms. The van der Waals surface area contributed by atoms with E-state index in [9.17, 15) is 4.39 Å². The molecular weight excluding hydrogens is 167 g/mol. The van der Waals surface area contributed by atoms with E-state index in [0.717, 1.165) is 6.42 Å². The minimum Gasteiger partial charge on any atom is -0.271 e. The quantitative estimate of drug-likeness (QED) is 0.548. The molecule has 3 N–H and O–H groups in total. The van der Waals surface area contributed by atoms with Crippen LogP contribution in [0, 0.1) is 5.82 Å². The molecule has 0 amide bonds. The molecular formula is C10H15FN2. The van der Waals surface area contributed by atoms with Crippen LogP contribution in [0.15, 0.2) is 24.3 Å². The molecule has 1 rings (SSSR count). The second-order valence-electron chi connectivity index (χ2n) is 3.07. The van der Waals surface area contributed by atoms with Gasteiger partial charge in [-0.2, -0.15) is 0 Å². The van der Waals surface area contributed by atoms with Gasteiger partial charge in [0.15, 0.2) is 0 Å². The van der Waals surface area contributed by atoms with E-state index in [0.29, 0.717) is 12.0 Å². The number of halogens is 1. The molecule has 1 unspecified atom stereocenters. The minimum absolute atomic E-state index is 0.150. The molecule has 0 aliphatic rings. The van der Waals surface area contributed by atoms with Crippen LogP contribution in [0.25, 0.3) is 0 Å². The van der Waals surface area contributed by atoms with Gasteiger partial charge in [-0.05, 0) is 24.5 Å². The Kier molecular flexibility index (Phi) is 3.86. The molecule has 1 aromatic carbocycles. The molecule has 2 nitrogen and oxygen atoms in total. The molecule has 0 aliphatic carbocycles. The van der Waals surface area contributed by atoms with Crippen molar-refractivity contribution in [1.29, 1.82) is 0 Å². The molecule has 3 heteroatoms. The van der Waals surface area contributed by atoms with Gasteiger partial charge in [0.25, 0.3) is 0 Å². The smallest absolute Gasteiger partial charge is 0.126 e. The van der Waals surface area contributed by atoms with E-state index >= 15 is 0 Å². The summed E-state index contributed by atoms with van der Waals surface area (Å²) in [7, 11) is 0. The fraction of sp³-hybridized carbons (Fsp3) is 0.400. The van der Waals surface area contributed by atoms with Crippen LogP contribution in [0.2, 0.25) is 0 Å². The SMILES string of the molecule is CCC(Cc1ccccc1F)NN. The van der Waals surface area contributed by atoms with Gasteiger partial charge in [0.05, 0.1) is 0 Å². The summed E-state index contributed by atoms with van der Waals surface area (Å²) in [6.07, 6.45) is 1.53. The average molecular weight is 182 g/mol. The van der Waals surface area contributed by atoms with E-state index in [1.165, 1.54) is 6.07 Å². The van der Waals surface area contributed by atoms with Gasteiger partial charge in [0.2, 0.25) is 0 Å². The van der Waals surface area contributed by atoms with E-state index < -0.39 is 0 Å². The van der Waals surface area contributed by atoms with Crippen LogP contribution in [-0.2, 0) is 6.42 Å². The Morgan fingerprint density at radius 1 is 1.46 bits per heavy atom. The highest BCUT2D eigenvalue weighted by Gasteiger charge is 2.07. The standard InChI is InChI=1S/C10H15FN2/c1-2-9(13-12)7-8-5-3-4-6-10(8)11/h3-6,9,13H,2,7,12H2,1H3. The van der Waals surface area contributed by atoms with Crippen molar-refractivity contribution in [3.8, 4) is 0 Å². The van der Waals surface area contributed by atoms with Gasteiger partial charge in [-0.25, -0.2) is 4.39 Å². The van der Waals surface area contributed by atoms with Crippen molar-refractivity contribution < 1.29 is 4.39 Å². The van der Waals surface area contributed by atoms with Gasteiger partial charge in [0, 0.05) is 6.04 Å². The van der Waals surface area contributed by atoms with Gasteiger partial charge in [-0.3, -0.25) is 11.3 Å². The molecule has 0 fully saturated rings. The van der Waals surface area contributed by atoms with Gasteiger partial charge < -0.3 is 0 Å². The highest BCUT2D eigenvalue weighted by atomic mass is 19.1. The summed E-state index contributed by atoms with van der Waals surface area (Å²) in [5.74, 6) is 5.15. The van der Waals surface area contributed by atoms with Crippen molar-refractivity contribution in [2.45, 2.75) is 25.8 Å². The molecule has 1 atom stereocenters. The van der Waals surface area contributed by atoms with Crippen molar-refractivity contribution >= 4 is 0 Å². The molecule has 0 radical (unpaired) electrons. The number of hydrogen-bond donors (Lipinski definition) is 2.